The molecule has 0 saturated heterocycles. The standard InChI is InChI=1S/C3H4BClN2O2/c1-9-3(8)2(5)6-7-4/h7H,1H3/b6-2-. The van der Waals surface area contributed by atoms with E-state index >= 15 is 0 Å². The van der Waals surface area contributed by atoms with Gasteiger partial charge in [-0.25, -0.2) is 4.79 Å². The van der Waals surface area contributed by atoms with Gasteiger partial charge in [0.1, 0.15) is 0 Å². The summed E-state index contributed by atoms with van der Waals surface area (Å²) < 4.78 is 4.17. The van der Waals surface area contributed by atoms with Gasteiger partial charge in [0.15, 0.2) is 0 Å². The molecule has 0 saturated carbocycles. The second kappa shape index (κ2) is 4.20. The van der Waals surface area contributed by atoms with E-state index in [1.54, 1.807) is 0 Å². The lowest BCUT2D eigenvalue weighted by Crippen LogP contribution is -2.13. The number of nitrogens with one attached hydrogen (secondary N) is 1. The van der Waals surface area contributed by atoms with Gasteiger partial charge in [0.2, 0.25) is 5.17 Å². The van der Waals surface area contributed by atoms with Crippen molar-refractivity contribution in [2.24, 2.45) is 5.10 Å². The summed E-state index contributed by atoms with van der Waals surface area (Å²) in [7, 11) is 5.88. The molecule has 0 unspecified atom stereocenters. The molecule has 0 aromatic carbocycles. The number of ether oxygens (including phenoxy) is 1. The van der Waals surface area contributed by atoms with Gasteiger partial charge in [-0.15, -0.1) is 0 Å². The van der Waals surface area contributed by atoms with E-state index in [4.69, 9.17) is 19.6 Å². The molecule has 9 heavy (non-hydrogen) atoms. The predicted octanol–water partition coefficient (Wildman–Crippen LogP) is -0.615. The molecule has 0 amide bonds. The van der Waals surface area contributed by atoms with Gasteiger partial charge in [0, 0.05) is 0 Å². The highest BCUT2D eigenvalue weighted by molar-refractivity contribution is 6.82. The molecule has 1 N–H and O–H groups in total. The Hall–Kier alpha value is -0.705. The summed E-state index contributed by atoms with van der Waals surface area (Å²) >= 11 is 5.16. The summed E-state index contributed by atoms with van der Waals surface area (Å²) in [4.78, 5) is 10.3. The average molecular weight is 146 g/mol. The number of rotatable bonds is 2. The Bertz CT molecular complexity index is 138. The summed E-state index contributed by atoms with van der Waals surface area (Å²) in [5.41, 5.74) is 0. The van der Waals surface area contributed by atoms with E-state index in [-0.39, 0.29) is 5.17 Å². The lowest BCUT2D eigenvalue weighted by atomic mass is 10.5. The highest BCUT2D eigenvalue weighted by Crippen LogP contribution is 1.85. The predicted molar refractivity (Wildman–Crippen MR) is 34.2 cm³/mol. The number of hydrogen-bond donors (Lipinski definition) is 1. The lowest BCUT2D eigenvalue weighted by Gasteiger charge is -1.93. The lowest BCUT2D eigenvalue weighted by molar-refractivity contribution is -0.132. The maximum absolute atomic E-state index is 10.3. The van der Waals surface area contributed by atoms with Crippen LogP contribution in [0.15, 0.2) is 5.10 Å². The van der Waals surface area contributed by atoms with Crippen LogP contribution in [0.25, 0.3) is 0 Å². The van der Waals surface area contributed by atoms with Crippen LogP contribution in [-0.4, -0.2) is 26.2 Å². The van der Waals surface area contributed by atoms with Gasteiger partial charge in [-0.2, -0.15) is 5.10 Å². The van der Waals surface area contributed by atoms with Crippen molar-refractivity contribution in [3.8, 4) is 0 Å². The number of hydrazone groups is 1. The molecule has 2 radical (unpaired) electrons. The molecule has 4 nitrogen and oxygen atoms in total. The third-order valence-corrected chi connectivity index (χ3v) is 0.755. The van der Waals surface area contributed by atoms with Crippen molar-refractivity contribution in [2.75, 3.05) is 7.11 Å². The first-order valence-corrected chi connectivity index (χ1v) is 2.37. The van der Waals surface area contributed by atoms with Crippen LogP contribution in [0.4, 0.5) is 0 Å². The van der Waals surface area contributed by atoms with Crippen molar-refractivity contribution in [2.45, 2.75) is 0 Å². The number of esters is 1. The number of carbonyl (C=O) groups excluding carboxylic acids is 1. The first kappa shape index (κ1) is 8.29. The fourth-order valence-corrected chi connectivity index (χ4v) is 0.312. The van der Waals surface area contributed by atoms with Gasteiger partial charge in [-0.3, -0.25) is 0 Å². The summed E-state index contributed by atoms with van der Waals surface area (Å²) in [5.74, 6) is -0.727. The third kappa shape index (κ3) is 2.97. The minimum Gasteiger partial charge on any atom is -0.464 e. The summed E-state index contributed by atoms with van der Waals surface area (Å²) in [6.45, 7) is 0. The normalized spacial score (nSPS) is 10.7. The van der Waals surface area contributed by atoms with Crippen molar-refractivity contribution < 1.29 is 9.53 Å². The Morgan fingerprint density at radius 2 is 2.44 bits per heavy atom. The zero-order valence-corrected chi connectivity index (χ0v) is 5.47. The van der Waals surface area contributed by atoms with Gasteiger partial charge in [0.25, 0.3) is 7.98 Å². The molecule has 0 aliphatic rings. The fraction of sp³-hybridized carbons (Fsp3) is 0.333. The van der Waals surface area contributed by atoms with Crippen molar-refractivity contribution in [1.82, 2.24) is 5.34 Å². The Morgan fingerprint density at radius 1 is 1.89 bits per heavy atom. The Labute approximate surface area is 58.6 Å². The number of carbonyl (C=O) groups is 1. The van der Waals surface area contributed by atoms with Gasteiger partial charge < -0.3 is 10.1 Å². The molecular weight excluding hydrogens is 142 g/mol. The average Bonchev–Trinajstić information content (AvgIpc) is 1.87. The minimum absolute atomic E-state index is 0.333. The van der Waals surface area contributed by atoms with Gasteiger partial charge in [0.05, 0.1) is 7.11 Å². The molecular formula is C3H4BClN2O2. The Kier molecular flexibility index (Phi) is 3.87. The zero-order chi connectivity index (χ0) is 7.28. The minimum atomic E-state index is -0.727. The van der Waals surface area contributed by atoms with Crippen LogP contribution in [0.5, 0.6) is 0 Å². The second-order valence-corrected chi connectivity index (χ2v) is 1.38. The molecule has 0 aliphatic carbocycles. The van der Waals surface area contributed by atoms with E-state index in [0.29, 0.717) is 0 Å². The van der Waals surface area contributed by atoms with E-state index < -0.39 is 5.97 Å². The number of halogens is 1. The number of methoxy groups -OCH3 is 1. The van der Waals surface area contributed by atoms with E-state index in [1.165, 1.54) is 7.11 Å². The van der Waals surface area contributed by atoms with E-state index in [1.807, 2.05) is 5.34 Å². The molecule has 0 fully saturated rings. The molecule has 0 heterocycles. The Morgan fingerprint density at radius 3 is 2.78 bits per heavy atom. The van der Waals surface area contributed by atoms with Gasteiger partial charge >= 0.3 is 5.97 Å². The monoisotopic (exact) mass is 146 g/mol. The number of nitrogens with zero attached hydrogens (tertiary/aromatic N) is 1. The zero-order valence-electron chi connectivity index (χ0n) is 4.72. The maximum atomic E-state index is 10.3. The molecule has 48 valence electrons. The molecule has 6 heteroatoms. The summed E-state index contributed by atoms with van der Waals surface area (Å²) in [6, 6.07) is 0. The van der Waals surface area contributed by atoms with Crippen LogP contribution in [-0.2, 0) is 9.53 Å². The first-order valence-electron chi connectivity index (χ1n) is 1.99. The first-order chi connectivity index (χ1) is 4.22. The molecule has 0 rings (SSSR count). The largest absolute Gasteiger partial charge is 0.464 e. The van der Waals surface area contributed by atoms with Crippen molar-refractivity contribution >= 4 is 30.7 Å². The SMILES string of the molecule is [B]N/N=C(\Cl)C(=O)OC. The van der Waals surface area contributed by atoms with Crippen molar-refractivity contribution in [1.29, 1.82) is 0 Å². The quantitative estimate of drug-likeness (QED) is 0.245. The fourth-order valence-electron chi connectivity index (χ4n) is 0.187. The van der Waals surface area contributed by atoms with Crippen LogP contribution < -0.4 is 5.34 Å². The smallest absolute Gasteiger partial charge is 0.370 e. The summed E-state index contributed by atoms with van der Waals surface area (Å²) in [6.07, 6.45) is 0. The maximum Gasteiger partial charge on any atom is 0.370 e. The highest BCUT2D eigenvalue weighted by atomic mass is 35.5. The van der Waals surface area contributed by atoms with Crippen LogP contribution in [0.1, 0.15) is 0 Å². The van der Waals surface area contributed by atoms with Crippen LogP contribution in [0.2, 0.25) is 0 Å². The van der Waals surface area contributed by atoms with E-state index in [2.05, 4.69) is 9.84 Å². The van der Waals surface area contributed by atoms with E-state index in [9.17, 15) is 4.79 Å². The number of hydrogen-bond acceptors (Lipinski definition) is 4. The van der Waals surface area contributed by atoms with Crippen LogP contribution in [0, 0.1) is 0 Å². The molecule has 0 aromatic heterocycles. The second-order valence-electron chi connectivity index (χ2n) is 1.02. The van der Waals surface area contributed by atoms with Crippen LogP contribution >= 0.6 is 11.6 Å². The molecule has 0 aromatic rings. The molecule has 0 atom stereocenters. The Balaban J connectivity index is 3.86. The van der Waals surface area contributed by atoms with Crippen molar-refractivity contribution in [3.63, 3.8) is 0 Å². The van der Waals surface area contributed by atoms with Gasteiger partial charge in [-0.05, 0) is 0 Å². The van der Waals surface area contributed by atoms with E-state index in [0.717, 1.165) is 0 Å². The van der Waals surface area contributed by atoms with Crippen LogP contribution in [0.3, 0.4) is 0 Å². The molecule has 0 bridgehead atoms. The highest BCUT2D eigenvalue weighted by Gasteiger charge is 2.05. The van der Waals surface area contributed by atoms with Gasteiger partial charge in [-0.1, -0.05) is 11.6 Å². The topological polar surface area (TPSA) is 50.7 Å². The molecule has 0 aliphatic heterocycles. The summed E-state index contributed by atoms with van der Waals surface area (Å²) in [5, 5.41) is 4.64. The van der Waals surface area contributed by atoms with Crippen molar-refractivity contribution in [3.05, 3.63) is 0 Å². The third-order valence-electron chi connectivity index (χ3n) is 0.517. The molecule has 0 spiro atoms.